The number of allylic oxidation sites excluding steroid dienone is 2. The van der Waals surface area contributed by atoms with Gasteiger partial charge in [-0.2, -0.15) is 0 Å². The second-order valence-corrected chi connectivity index (χ2v) is 15.3. The number of unbranched alkanes of at least 4 members (excludes halogenated alkanes) is 25. The van der Waals surface area contributed by atoms with Crippen LogP contribution in [0.1, 0.15) is 200 Å². The van der Waals surface area contributed by atoms with Crippen molar-refractivity contribution >= 4 is 13.8 Å². The molecule has 0 bridgehead atoms. The highest BCUT2D eigenvalue weighted by Gasteiger charge is 2.25. The van der Waals surface area contributed by atoms with Crippen molar-refractivity contribution in [2.75, 3.05) is 33.0 Å². The molecule has 0 aromatic rings. The third kappa shape index (κ3) is 38.3. The topological polar surface area (TPSA) is 117 Å². The van der Waals surface area contributed by atoms with Gasteiger partial charge in [-0.1, -0.05) is 167 Å². The molecular weight excluding hydrogens is 637 g/mol. The molecule has 0 saturated carbocycles. The summed E-state index contributed by atoms with van der Waals surface area (Å²) in [6, 6.07) is 0. The van der Waals surface area contributed by atoms with Crippen molar-refractivity contribution in [2.45, 2.75) is 206 Å². The lowest BCUT2D eigenvalue weighted by molar-refractivity contribution is -0.154. The van der Waals surface area contributed by atoms with Crippen molar-refractivity contribution in [3.8, 4) is 0 Å². The van der Waals surface area contributed by atoms with E-state index in [4.69, 9.17) is 24.3 Å². The van der Waals surface area contributed by atoms with Gasteiger partial charge in [0.25, 0.3) is 0 Å². The van der Waals surface area contributed by atoms with Crippen LogP contribution in [0.2, 0.25) is 0 Å². The van der Waals surface area contributed by atoms with E-state index in [9.17, 15) is 14.3 Å². The zero-order valence-corrected chi connectivity index (χ0v) is 33.1. The predicted molar refractivity (Wildman–Crippen MR) is 206 cm³/mol. The first-order chi connectivity index (χ1) is 23.9. The van der Waals surface area contributed by atoms with E-state index in [1.54, 1.807) is 0 Å². The minimum absolute atomic E-state index is 0.0927. The Kier molecular flexibility index (Phi) is 37.9. The lowest BCUT2D eigenvalue weighted by Gasteiger charge is -2.20. The molecule has 0 aliphatic heterocycles. The van der Waals surface area contributed by atoms with E-state index in [0.717, 1.165) is 32.1 Å². The van der Waals surface area contributed by atoms with Crippen molar-refractivity contribution < 1.29 is 32.8 Å². The highest BCUT2D eigenvalue weighted by Crippen LogP contribution is 2.43. The average molecular weight is 718 g/mol. The first-order valence-corrected chi connectivity index (χ1v) is 22.2. The van der Waals surface area contributed by atoms with Gasteiger partial charge >= 0.3 is 13.8 Å². The molecule has 0 radical (unpaired) electrons. The molecule has 292 valence electrons. The van der Waals surface area contributed by atoms with Crippen LogP contribution in [0, 0.1) is 0 Å². The van der Waals surface area contributed by atoms with E-state index in [1.807, 2.05) is 0 Å². The smallest absolute Gasteiger partial charge is 0.457 e. The molecule has 0 fully saturated rings. The number of hydrogen-bond donors (Lipinski definition) is 2. The van der Waals surface area contributed by atoms with Crippen LogP contribution in [-0.2, 0) is 27.9 Å². The zero-order chi connectivity index (χ0) is 35.9. The molecule has 2 unspecified atom stereocenters. The van der Waals surface area contributed by atoms with Gasteiger partial charge in [0, 0.05) is 19.6 Å². The summed E-state index contributed by atoms with van der Waals surface area (Å²) < 4.78 is 33.2. The molecule has 0 rings (SSSR count). The number of nitrogens with two attached hydrogens (primary N) is 1. The van der Waals surface area contributed by atoms with E-state index in [2.05, 4.69) is 26.0 Å². The summed E-state index contributed by atoms with van der Waals surface area (Å²) in [6.45, 7) is 4.91. The molecule has 2 atom stereocenters. The minimum Gasteiger partial charge on any atom is -0.457 e. The first kappa shape index (κ1) is 48.2. The first-order valence-electron chi connectivity index (χ1n) is 20.7. The van der Waals surface area contributed by atoms with Crippen LogP contribution in [0.25, 0.3) is 0 Å². The molecule has 0 saturated heterocycles. The van der Waals surface area contributed by atoms with E-state index in [1.165, 1.54) is 148 Å². The van der Waals surface area contributed by atoms with Gasteiger partial charge in [-0.3, -0.25) is 13.8 Å². The van der Waals surface area contributed by atoms with Crippen LogP contribution in [0.4, 0.5) is 0 Å². The number of ether oxygens (including phenoxy) is 2. The monoisotopic (exact) mass is 718 g/mol. The van der Waals surface area contributed by atoms with Crippen LogP contribution in [-0.4, -0.2) is 49.9 Å². The number of carbonyl (C=O) groups is 1. The van der Waals surface area contributed by atoms with Gasteiger partial charge in [0.2, 0.25) is 0 Å². The summed E-state index contributed by atoms with van der Waals surface area (Å²) in [5.74, 6) is -0.331. The number of rotatable bonds is 40. The summed E-state index contributed by atoms with van der Waals surface area (Å²) >= 11 is 0. The van der Waals surface area contributed by atoms with Gasteiger partial charge in [0.15, 0.2) is 0 Å². The molecule has 3 N–H and O–H groups in total. The Balaban J connectivity index is 3.85. The molecule has 0 amide bonds. The summed E-state index contributed by atoms with van der Waals surface area (Å²) in [5.41, 5.74) is 5.34. The van der Waals surface area contributed by atoms with Crippen LogP contribution >= 0.6 is 7.82 Å². The Morgan fingerprint density at radius 3 is 1.49 bits per heavy atom. The molecule has 0 heterocycles. The Bertz CT molecular complexity index is 767. The Labute approximate surface area is 303 Å². The largest absolute Gasteiger partial charge is 0.472 e. The summed E-state index contributed by atoms with van der Waals surface area (Å²) in [6.07, 6.45) is 39.6. The lowest BCUT2D eigenvalue weighted by Crippen LogP contribution is -2.28. The van der Waals surface area contributed by atoms with Crippen LogP contribution < -0.4 is 5.73 Å². The van der Waals surface area contributed by atoms with Gasteiger partial charge in [0.05, 0.1) is 19.8 Å². The van der Waals surface area contributed by atoms with Crippen LogP contribution in [0.3, 0.4) is 0 Å². The zero-order valence-electron chi connectivity index (χ0n) is 32.2. The number of phosphoric ester groups is 1. The van der Waals surface area contributed by atoms with E-state index < -0.39 is 13.9 Å². The van der Waals surface area contributed by atoms with Crippen molar-refractivity contribution in [1.29, 1.82) is 0 Å². The summed E-state index contributed by atoms with van der Waals surface area (Å²) in [7, 11) is -4.26. The maximum absolute atomic E-state index is 12.5. The van der Waals surface area contributed by atoms with Crippen LogP contribution in [0.15, 0.2) is 12.2 Å². The fourth-order valence-electron chi connectivity index (χ4n) is 5.87. The highest BCUT2D eigenvalue weighted by atomic mass is 31.2. The van der Waals surface area contributed by atoms with Crippen LogP contribution in [0.5, 0.6) is 0 Å². The summed E-state index contributed by atoms with van der Waals surface area (Å²) in [4.78, 5) is 22.3. The SMILES string of the molecule is CCCCCCCCCC/C=C\CCCCCCCCCCCCCC(=O)OC(COCCCCCCCCC)COP(=O)(O)OCCN. The normalized spacial score (nSPS) is 13.6. The van der Waals surface area contributed by atoms with Crippen molar-refractivity contribution in [2.24, 2.45) is 5.73 Å². The van der Waals surface area contributed by atoms with Crippen molar-refractivity contribution in [3.63, 3.8) is 0 Å². The van der Waals surface area contributed by atoms with E-state index in [-0.39, 0.29) is 32.3 Å². The number of carbonyl (C=O) groups excluding carboxylic acids is 1. The summed E-state index contributed by atoms with van der Waals surface area (Å²) in [5, 5.41) is 0. The third-order valence-electron chi connectivity index (χ3n) is 8.93. The second kappa shape index (κ2) is 38.5. The van der Waals surface area contributed by atoms with Gasteiger partial charge in [-0.15, -0.1) is 0 Å². The lowest BCUT2D eigenvalue weighted by atomic mass is 10.0. The predicted octanol–water partition coefficient (Wildman–Crippen LogP) is 11.9. The molecule has 0 spiro atoms. The Morgan fingerprint density at radius 1 is 0.592 bits per heavy atom. The fraction of sp³-hybridized carbons (Fsp3) is 0.925. The molecular formula is C40H80NO7P. The molecule has 0 aliphatic rings. The maximum Gasteiger partial charge on any atom is 0.472 e. The Hall–Kier alpha value is -0.760. The van der Waals surface area contributed by atoms with E-state index in [0.29, 0.717) is 13.0 Å². The van der Waals surface area contributed by atoms with Gasteiger partial charge in [-0.05, 0) is 38.5 Å². The number of hydrogen-bond acceptors (Lipinski definition) is 7. The van der Waals surface area contributed by atoms with Crippen molar-refractivity contribution in [3.05, 3.63) is 12.2 Å². The quantitative estimate of drug-likeness (QED) is 0.0278. The van der Waals surface area contributed by atoms with Crippen molar-refractivity contribution in [1.82, 2.24) is 0 Å². The average Bonchev–Trinajstić information content (AvgIpc) is 3.09. The molecule has 8 nitrogen and oxygen atoms in total. The number of phosphoric acid groups is 1. The molecule has 49 heavy (non-hydrogen) atoms. The molecule has 0 aliphatic carbocycles. The number of esters is 1. The second-order valence-electron chi connectivity index (χ2n) is 13.9. The van der Waals surface area contributed by atoms with Gasteiger partial charge in [-0.25, -0.2) is 4.57 Å². The molecule has 0 aromatic carbocycles. The van der Waals surface area contributed by atoms with Gasteiger partial charge < -0.3 is 20.1 Å². The highest BCUT2D eigenvalue weighted by molar-refractivity contribution is 7.47. The minimum atomic E-state index is -4.26. The van der Waals surface area contributed by atoms with Gasteiger partial charge in [0.1, 0.15) is 6.10 Å². The molecule has 0 aromatic heterocycles. The maximum atomic E-state index is 12.5. The fourth-order valence-corrected chi connectivity index (χ4v) is 6.64. The van der Waals surface area contributed by atoms with E-state index >= 15 is 0 Å². The molecule has 9 heteroatoms. The standard InChI is InChI=1S/C40H80NO7P/c1-3-5-7-9-11-12-13-14-15-16-17-18-19-20-21-22-23-24-25-26-27-29-31-33-40(42)48-39(38-47-49(43,44)46-36-34-41)37-45-35-32-30-28-10-8-6-4-2/h16-17,39H,3-15,18-38,41H2,1-2H3,(H,43,44)/b17-16-. The third-order valence-corrected chi connectivity index (χ3v) is 9.92. The Morgan fingerprint density at radius 2 is 1.02 bits per heavy atom.